The fourth-order valence-electron chi connectivity index (χ4n) is 1.31. The molecule has 0 bridgehead atoms. The zero-order valence-electron chi connectivity index (χ0n) is 9.35. The first kappa shape index (κ1) is 10.5. The maximum atomic E-state index is 4.51. The Hall–Kier alpha value is -1.01. The molecule has 1 N–H and O–H groups in total. The molecule has 0 saturated carbocycles. The summed E-state index contributed by atoms with van der Waals surface area (Å²) in [6.07, 6.45) is 0. The molecule has 0 aromatic carbocycles. The Morgan fingerprint density at radius 1 is 1.27 bits per heavy atom. The van der Waals surface area contributed by atoms with Crippen LogP contribution in [-0.4, -0.2) is 26.9 Å². The van der Waals surface area contributed by atoms with Crippen LogP contribution in [0.5, 0.6) is 0 Å². The van der Waals surface area contributed by atoms with Crippen LogP contribution in [0.15, 0.2) is 0 Å². The van der Waals surface area contributed by atoms with Gasteiger partial charge in [-0.3, -0.25) is 0 Å². The van der Waals surface area contributed by atoms with Gasteiger partial charge in [-0.25, -0.2) is 0 Å². The lowest BCUT2D eigenvalue weighted by Crippen LogP contribution is -2.12. The van der Waals surface area contributed by atoms with Gasteiger partial charge in [-0.15, -0.1) is 10.2 Å². The van der Waals surface area contributed by atoms with E-state index in [9.17, 15) is 0 Å². The van der Waals surface area contributed by atoms with Gasteiger partial charge in [0.15, 0.2) is 5.82 Å². The third kappa shape index (κ3) is 1.74. The van der Waals surface area contributed by atoms with Crippen LogP contribution in [-0.2, 0) is 0 Å². The highest BCUT2D eigenvalue weighted by Crippen LogP contribution is 2.22. The molecule has 5 nitrogen and oxygen atoms in total. The van der Waals surface area contributed by atoms with Crippen molar-refractivity contribution in [1.82, 2.24) is 25.1 Å². The van der Waals surface area contributed by atoms with Gasteiger partial charge in [-0.2, -0.15) is 9.61 Å². The molecule has 0 aliphatic rings. The zero-order chi connectivity index (χ0) is 11.0. The lowest BCUT2D eigenvalue weighted by atomic mass is 10.2. The molecule has 15 heavy (non-hydrogen) atoms. The molecular formula is C9H15N5S. The van der Waals surface area contributed by atoms with E-state index in [1.807, 2.05) is 11.6 Å². The number of fused-ring (bicyclic) bond motifs is 1. The number of nitrogens with one attached hydrogen (secondary N) is 1. The number of rotatable bonds is 3. The van der Waals surface area contributed by atoms with E-state index in [-0.39, 0.29) is 6.04 Å². The normalized spacial score (nSPS) is 13.9. The Morgan fingerprint density at radius 3 is 2.60 bits per heavy atom. The van der Waals surface area contributed by atoms with Crippen molar-refractivity contribution in [3.05, 3.63) is 10.8 Å². The van der Waals surface area contributed by atoms with E-state index >= 15 is 0 Å². The molecular weight excluding hydrogens is 210 g/mol. The highest BCUT2D eigenvalue weighted by Gasteiger charge is 2.16. The topological polar surface area (TPSA) is 55.1 Å². The zero-order valence-corrected chi connectivity index (χ0v) is 10.2. The number of hydrogen-bond donors (Lipinski definition) is 1. The summed E-state index contributed by atoms with van der Waals surface area (Å²) in [6.45, 7) is 6.27. The Bertz CT molecular complexity index is 458. The van der Waals surface area contributed by atoms with Crippen LogP contribution in [0.25, 0.3) is 4.96 Å². The van der Waals surface area contributed by atoms with Crippen LogP contribution in [0.3, 0.4) is 0 Å². The Balaban J connectivity index is 2.47. The van der Waals surface area contributed by atoms with Crippen LogP contribution < -0.4 is 5.32 Å². The van der Waals surface area contributed by atoms with Gasteiger partial charge in [-0.1, -0.05) is 25.2 Å². The van der Waals surface area contributed by atoms with E-state index < -0.39 is 0 Å². The fourth-order valence-corrected chi connectivity index (χ4v) is 2.21. The average Bonchev–Trinajstić information content (AvgIpc) is 2.73. The second-order valence-corrected chi connectivity index (χ2v) is 4.85. The smallest absolute Gasteiger partial charge is 0.234 e. The average molecular weight is 225 g/mol. The van der Waals surface area contributed by atoms with Crippen molar-refractivity contribution in [2.75, 3.05) is 7.05 Å². The van der Waals surface area contributed by atoms with Crippen LogP contribution in [0.2, 0.25) is 0 Å². The van der Waals surface area contributed by atoms with E-state index in [1.54, 1.807) is 11.3 Å². The van der Waals surface area contributed by atoms with E-state index in [2.05, 4.69) is 41.4 Å². The Kier molecular flexibility index (Phi) is 2.70. The van der Waals surface area contributed by atoms with Crippen LogP contribution in [0.1, 0.15) is 43.6 Å². The van der Waals surface area contributed by atoms with Crippen molar-refractivity contribution in [2.24, 2.45) is 0 Å². The van der Waals surface area contributed by atoms with Crippen LogP contribution in [0.4, 0.5) is 0 Å². The summed E-state index contributed by atoms with van der Waals surface area (Å²) in [5.74, 6) is 1.27. The van der Waals surface area contributed by atoms with Crippen molar-refractivity contribution < 1.29 is 0 Å². The Labute approximate surface area is 92.5 Å². The molecule has 6 heteroatoms. The summed E-state index contributed by atoms with van der Waals surface area (Å²) >= 11 is 1.58. The number of aromatic nitrogens is 4. The minimum atomic E-state index is 0.261. The molecule has 0 fully saturated rings. The van der Waals surface area contributed by atoms with Gasteiger partial charge in [0.25, 0.3) is 0 Å². The lowest BCUT2D eigenvalue weighted by Gasteiger charge is -2.03. The highest BCUT2D eigenvalue weighted by molar-refractivity contribution is 7.16. The van der Waals surface area contributed by atoms with Gasteiger partial charge in [-0.05, 0) is 14.0 Å². The maximum Gasteiger partial charge on any atom is 0.234 e. The molecule has 2 heterocycles. The van der Waals surface area contributed by atoms with E-state index in [1.165, 1.54) is 0 Å². The predicted octanol–water partition coefficient (Wildman–Crippen LogP) is 1.59. The molecule has 0 aliphatic heterocycles. The monoisotopic (exact) mass is 225 g/mol. The van der Waals surface area contributed by atoms with Gasteiger partial charge >= 0.3 is 0 Å². The Morgan fingerprint density at radius 2 is 2.00 bits per heavy atom. The standard InChI is InChI=1S/C9H15N5S/c1-5(2)7-11-12-9-14(7)13-8(15-9)6(3)10-4/h5-6,10H,1-4H3. The molecule has 0 saturated heterocycles. The summed E-state index contributed by atoms with van der Waals surface area (Å²) in [4.78, 5) is 0.871. The molecule has 2 aromatic heterocycles. The van der Waals surface area contributed by atoms with E-state index in [0.717, 1.165) is 15.8 Å². The quantitative estimate of drug-likeness (QED) is 0.862. The van der Waals surface area contributed by atoms with Gasteiger partial charge in [0, 0.05) is 5.92 Å². The van der Waals surface area contributed by atoms with Crippen LogP contribution >= 0.6 is 11.3 Å². The summed E-state index contributed by atoms with van der Waals surface area (Å²) in [5, 5.41) is 17.0. The second-order valence-electron chi connectivity index (χ2n) is 3.86. The van der Waals surface area contributed by atoms with Crippen molar-refractivity contribution in [3.63, 3.8) is 0 Å². The number of hydrogen-bond acceptors (Lipinski definition) is 5. The minimum Gasteiger partial charge on any atom is -0.311 e. The first-order chi connectivity index (χ1) is 7.13. The molecule has 1 unspecified atom stereocenters. The van der Waals surface area contributed by atoms with Gasteiger partial charge in [0.05, 0.1) is 6.04 Å². The van der Waals surface area contributed by atoms with Crippen molar-refractivity contribution >= 4 is 16.3 Å². The van der Waals surface area contributed by atoms with Crippen molar-refractivity contribution in [1.29, 1.82) is 0 Å². The third-order valence-electron chi connectivity index (χ3n) is 2.35. The van der Waals surface area contributed by atoms with Gasteiger partial charge < -0.3 is 5.32 Å². The van der Waals surface area contributed by atoms with Crippen LogP contribution in [0, 0.1) is 0 Å². The summed E-state index contributed by atoms with van der Waals surface area (Å²) < 4.78 is 1.85. The molecule has 0 aliphatic carbocycles. The molecule has 1 atom stereocenters. The van der Waals surface area contributed by atoms with Gasteiger partial charge in [0.1, 0.15) is 5.01 Å². The first-order valence-electron chi connectivity index (χ1n) is 5.02. The lowest BCUT2D eigenvalue weighted by molar-refractivity contribution is 0.625. The molecule has 82 valence electrons. The molecule has 0 amide bonds. The van der Waals surface area contributed by atoms with Crippen molar-refractivity contribution in [2.45, 2.75) is 32.7 Å². The van der Waals surface area contributed by atoms with E-state index in [0.29, 0.717) is 5.92 Å². The van der Waals surface area contributed by atoms with Crippen molar-refractivity contribution in [3.8, 4) is 0 Å². The van der Waals surface area contributed by atoms with Gasteiger partial charge in [0.2, 0.25) is 4.96 Å². The number of nitrogens with zero attached hydrogens (tertiary/aromatic N) is 4. The SMILES string of the molecule is CNC(C)c1nn2c(C(C)C)nnc2s1. The molecule has 2 rings (SSSR count). The predicted molar refractivity (Wildman–Crippen MR) is 60.2 cm³/mol. The third-order valence-corrected chi connectivity index (χ3v) is 3.43. The highest BCUT2D eigenvalue weighted by atomic mass is 32.1. The van der Waals surface area contributed by atoms with E-state index in [4.69, 9.17) is 0 Å². The summed E-state index contributed by atoms with van der Waals surface area (Å²) in [5.41, 5.74) is 0. The second kappa shape index (κ2) is 3.86. The molecule has 0 spiro atoms. The summed E-state index contributed by atoms with van der Waals surface area (Å²) in [7, 11) is 1.93. The first-order valence-corrected chi connectivity index (χ1v) is 5.84. The maximum absolute atomic E-state index is 4.51. The largest absolute Gasteiger partial charge is 0.311 e. The molecule has 2 aromatic rings. The summed E-state index contributed by atoms with van der Waals surface area (Å²) in [6, 6.07) is 0.261. The fraction of sp³-hybridized carbons (Fsp3) is 0.667. The molecule has 0 radical (unpaired) electrons. The minimum absolute atomic E-state index is 0.261.